The van der Waals surface area contributed by atoms with Crippen LogP contribution >= 0.6 is 11.8 Å². The Morgan fingerprint density at radius 3 is 2.75 bits per heavy atom. The van der Waals surface area contributed by atoms with Crippen molar-refractivity contribution in [1.29, 1.82) is 0 Å². The first-order chi connectivity index (χ1) is 11.6. The molecule has 2 aromatic carbocycles. The van der Waals surface area contributed by atoms with Crippen LogP contribution in [0.15, 0.2) is 52.5 Å². The van der Waals surface area contributed by atoms with E-state index in [0.717, 1.165) is 10.5 Å². The molecule has 5 nitrogen and oxygen atoms in total. The second-order valence-electron chi connectivity index (χ2n) is 5.06. The number of nitrogens with one attached hydrogen (secondary N) is 1. The van der Waals surface area contributed by atoms with Gasteiger partial charge in [-0.25, -0.2) is 5.43 Å². The van der Waals surface area contributed by atoms with Gasteiger partial charge >= 0.3 is 0 Å². The van der Waals surface area contributed by atoms with Crippen LogP contribution in [-0.2, 0) is 4.79 Å². The van der Waals surface area contributed by atoms with Gasteiger partial charge in [-0.05, 0) is 49.7 Å². The smallest absolute Gasteiger partial charge is 0.250 e. The van der Waals surface area contributed by atoms with Gasteiger partial charge in [0, 0.05) is 4.90 Å². The first kappa shape index (κ1) is 17.9. The van der Waals surface area contributed by atoms with Crippen molar-refractivity contribution < 1.29 is 14.6 Å². The number of ether oxygens (including phenoxy) is 1. The van der Waals surface area contributed by atoms with E-state index in [-0.39, 0.29) is 11.7 Å². The summed E-state index contributed by atoms with van der Waals surface area (Å²) in [6.45, 7) is 4.32. The molecule has 2 N–H and O–H groups in total. The predicted octanol–water partition coefficient (Wildman–Crippen LogP) is 3.34. The number of phenolic OH excluding ortho intramolecular Hbond substituents is 1. The minimum absolute atomic E-state index is 0.0764. The molecule has 2 rings (SSSR count). The summed E-state index contributed by atoms with van der Waals surface area (Å²) >= 11 is 1.46. The summed E-state index contributed by atoms with van der Waals surface area (Å²) in [5.74, 6) is 0.580. The molecule has 0 aliphatic rings. The van der Waals surface area contributed by atoms with E-state index >= 15 is 0 Å². The van der Waals surface area contributed by atoms with E-state index in [1.54, 1.807) is 12.1 Å². The zero-order valence-corrected chi connectivity index (χ0v) is 14.5. The number of hydrogen-bond donors (Lipinski definition) is 2. The molecule has 6 heteroatoms. The van der Waals surface area contributed by atoms with Gasteiger partial charge in [-0.2, -0.15) is 5.10 Å². The molecule has 0 saturated carbocycles. The summed E-state index contributed by atoms with van der Waals surface area (Å²) in [7, 11) is 0. The monoisotopic (exact) mass is 344 g/mol. The van der Waals surface area contributed by atoms with Crippen LogP contribution in [0, 0.1) is 6.92 Å². The molecule has 0 fully saturated rings. The topological polar surface area (TPSA) is 70.9 Å². The summed E-state index contributed by atoms with van der Waals surface area (Å²) in [4.78, 5) is 12.8. The normalized spacial score (nSPS) is 10.8. The summed E-state index contributed by atoms with van der Waals surface area (Å²) in [5.41, 5.74) is 4.40. The van der Waals surface area contributed by atoms with Crippen molar-refractivity contribution >= 4 is 23.9 Å². The minimum atomic E-state index is -0.180. The van der Waals surface area contributed by atoms with E-state index in [9.17, 15) is 9.90 Å². The van der Waals surface area contributed by atoms with E-state index in [0.29, 0.717) is 18.1 Å². The molecule has 0 atom stereocenters. The molecule has 126 valence electrons. The van der Waals surface area contributed by atoms with Crippen LogP contribution in [0.5, 0.6) is 11.5 Å². The third-order valence-corrected chi connectivity index (χ3v) is 4.09. The molecule has 0 bridgehead atoms. The Bertz CT molecular complexity index is 715. The van der Waals surface area contributed by atoms with Gasteiger partial charge < -0.3 is 9.84 Å². The molecule has 0 radical (unpaired) electrons. The molecule has 1 amide bonds. The maximum Gasteiger partial charge on any atom is 0.250 e. The van der Waals surface area contributed by atoms with Gasteiger partial charge in [-0.3, -0.25) is 4.79 Å². The van der Waals surface area contributed by atoms with Gasteiger partial charge in [0.15, 0.2) is 11.5 Å². The first-order valence-corrected chi connectivity index (χ1v) is 8.54. The highest BCUT2D eigenvalue weighted by Gasteiger charge is 2.03. The number of thioether (sulfide) groups is 1. The van der Waals surface area contributed by atoms with E-state index in [4.69, 9.17) is 4.74 Å². The van der Waals surface area contributed by atoms with Gasteiger partial charge in [0.05, 0.1) is 18.6 Å². The van der Waals surface area contributed by atoms with Gasteiger partial charge in [-0.1, -0.05) is 17.7 Å². The molecule has 0 spiro atoms. The number of phenols is 1. The molecular weight excluding hydrogens is 324 g/mol. The molecular formula is C18H20N2O3S. The number of carbonyl (C=O) groups excluding carboxylic acids is 1. The molecule has 2 aromatic rings. The van der Waals surface area contributed by atoms with E-state index < -0.39 is 0 Å². The number of nitrogens with zero attached hydrogens (tertiary/aromatic N) is 1. The van der Waals surface area contributed by atoms with Crippen LogP contribution in [0.3, 0.4) is 0 Å². The maximum absolute atomic E-state index is 11.8. The van der Waals surface area contributed by atoms with Crippen molar-refractivity contribution in [2.75, 3.05) is 12.4 Å². The molecule has 0 aromatic heterocycles. The lowest BCUT2D eigenvalue weighted by atomic mass is 10.2. The third kappa shape index (κ3) is 5.62. The number of rotatable bonds is 7. The molecule has 0 saturated heterocycles. The SMILES string of the molecule is CCOc1cc(/C=N/NC(=O)CSc2ccc(C)cc2)ccc1O. The number of carbonyl (C=O) groups is 1. The predicted molar refractivity (Wildman–Crippen MR) is 96.9 cm³/mol. The summed E-state index contributed by atoms with van der Waals surface area (Å²) < 4.78 is 5.30. The van der Waals surface area contributed by atoms with Gasteiger partial charge in [0.25, 0.3) is 0 Å². The Morgan fingerprint density at radius 2 is 2.04 bits per heavy atom. The Balaban J connectivity index is 1.83. The number of amides is 1. The first-order valence-electron chi connectivity index (χ1n) is 7.55. The summed E-state index contributed by atoms with van der Waals surface area (Å²) in [6, 6.07) is 12.9. The Morgan fingerprint density at radius 1 is 1.29 bits per heavy atom. The number of hydrogen-bond acceptors (Lipinski definition) is 5. The fraction of sp³-hybridized carbons (Fsp3) is 0.222. The average molecular weight is 344 g/mol. The lowest BCUT2D eigenvalue weighted by molar-refractivity contribution is -0.118. The summed E-state index contributed by atoms with van der Waals surface area (Å²) in [5, 5.41) is 13.6. The van der Waals surface area contributed by atoms with Crippen molar-refractivity contribution in [1.82, 2.24) is 5.43 Å². The number of benzene rings is 2. The van der Waals surface area contributed by atoms with Crippen LogP contribution in [-0.4, -0.2) is 29.6 Å². The molecule has 0 aliphatic heterocycles. The van der Waals surface area contributed by atoms with Crippen molar-refractivity contribution in [2.24, 2.45) is 5.10 Å². The number of aryl methyl sites for hydroxylation is 1. The van der Waals surface area contributed by atoms with Crippen LogP contribution in [0.4, 0.5) is 0 Å². The second-order valence-corrected chi connectivity index (χ2v) is 6.10. The third-order valence-electron chi connectivity index (χ3n) is 3.08. The van der Waals surface area contributed by atoms with E-state index in [2.05, 4.69) is 10.5 Å². The molecule has 0 unspecified atom stereocenters. The number of aromatic hydroxyl groups is 1. The van der Waals surface area contributed by atoms with E-state index in [1.807, 2.05) is 38.1 Å². The van der Waals surface area contributed by atoms with Crippen molar-refractivity contribution in [3.05, 3.63) is 53.6 Å². The number of hydrazone groups is 1. The van der Waals surface area contributed by atoms with Crippen molar-refractivity contribution in [3.63, 3.8) is 0 Å². The molecule has 0 heterocycles. The Hall–Kier alpha value is -2.47. The zero-order valence-electron chi connectivity index (χ0n) is 13.7. The highest BCUT2D eigenvalue weighted by Crippen LogP contribution is 2.26. The lowest BCUT2D eigenvalue weighted by Crippen LogP contribution is -2.19. The van der Waals surface area contributed by atoms with Crippen molar-refractivity contribution in [2.45, 2.75) is 18.7 Å². The average Bonchev–Trinajstić information content (AvgIpc) is 2.57. The maximum atomic E-state index is 11.8. The zero-order chi connectivity index (χ0) is 17.4. The highest BCUT2D eigenvalue weighted by molar-refractivity contribution is 8.00. The fourth-order valence-corrected chi connectivity index (χ4v) is 2.57. The van der Waals surface area contributed by atoms with Crippen LogP contribution < -0.4 is 10.2 Å². The Labute approximate surface area is 145 Å². The quantitative estimate of drug-likeness (QED) is 0.459. The molecule has 0 aliphatic carbocycles. The van der Waals surface area contributed by atoms with Crippen LogP contribution in [0.2, 0.25) is 0 Å². The largest absolute Gasteiger partial charge is 0.504 e. The standard InChI is InChI=1S/C18H20N2O3S/c1-3-23-17-10-14(6-9-16(17)21)11-19-20-18(22)12-24-15-7-4-13(2)5-8-15/h4-11,21H,3,12H2,1-2H3,(H,20,22)/b19-11+. The van der Waals surface area contributed by atoms with Crippen LogP contribution in [0.25, 0.3) is 0 Å². The van der Waals surface area contributed by atoms with Gasteiger partial charge in [0.1, 0.15) is 0 Å². The highest BCUT2D eigenvalue weighted by atomic mass is 32.2. The summed E-state index contributed by atoms with van der Waals surface area (Å²) in [6.07, 6.45) is 1.51. The fourth-order valence-electron chi connectivity index (χ4n) is 1.88. The minimum Gasteiger partial charge on any atom is -0.504 e. The molecule has 24 heavy (non-hydrogen) atoms. The van der Waals surface area contributed by atoms with Gasteiger partial charge in [-0.15, -0.1) is 11.8 Å². The van der Waals surface area contributed by atoms with E-state index in [1.165, 1.54) is 29.6 Å². The lowest BCUT2D eigenvalue weighted by Gasteiger charge is -2.06. The van der Waals surface area contributed by atoms with Crippen molar-refractivity contribution in [3.8, 4) is 11.5 Å². The van der Waals surface area contributed by atoms with Crippen LogP contribution in [0.1, 0.15) is 18.1 Å². The Kier molecular flexibility index (Phi) is 6.69. The van der Waals surface area contributed by atoms with Gasteiger partial charge in [0.2, 0.25) is 5.91 Å². The second kappa shape index (κ2) is 8.98.